The van der Waals surface area contributed by atoms with Gasteiger partial charge in [0.25, 0.3) is 5.91 Å². The summed E-state index contributed by atoms with van der Waals surface area (Å²) < 4.78 is 10.6. The zero-order chi connectivity index (χ0) is 12.7. The first kappa shape index (κ1) is 11.5. The van der Waals surface area contributed by atoms with E-state index in [0.717, 1.165) is 5.56 Å². The van der Waals surface area contributed by atoms with E-state index in [1.54, 1.807) is 6.07 Å². The molecule has 3 N–H and O–H groups in total. The lowest BCUT2D eigenvalue weighted by Crippen LogP contribution is -2.47. The van der Waals surface area contributed by atoms with Crippen LogP contribution < -0.4 is 15.5 Å². The molecule has 0 bridgehead atoms. The van der Waals surface area contributed by atoms with Gasteiger partial charge in [-0.3, -0.25) is 10.0 Å². The molecule has 3 rings (SSSR count). The molecule has 0 saturated carbocycles. The van der Waals surface area contributed by atoms with Gasteiger partial charge in [-0.25, -0.2) is 0 Å². The summed E-state index contributed by atoms with van der Waals surface area (Å²) in [6, 6.07) is 4.60. The summed E-state index contributed by atoms with van der Waals surface area (Å²) in [5, 5.41) is 10.4. The number of nitrogens with zero attached hydrogens (tertiary/aromatic N) is 1. The number of carbonyl (C=O) groups excluding carboxylic acids is 1. The number of rotatable bonds is 2. The van der Waals surface area contributed by atoms with E-state index >= 15 is 0 Å². The van der Waals surface area contributed by atoms with Crippen LogP contribution in [0.4, 0.5) is 5.69 Å². The Balaban J connectivity index is 1.87. The average Bonchev–Trinajstić information content (AvgIpc) is 2.32. The predicted octanol–water partition coefficient (Wildman–Crippen LogP) is 0.0698. The average molecular weight is 250 g/mol. The molecule has 96 valence electrons. The Kier molecular flexibility index (Phi) is 2.70. The summed E-state index contributed by atoms with van der Waals surface area (Å²) in [5.41, 5.74) is 6.91. The van der Waals surface area contributed by atoms with Crippen molar-refractivity contribution in [3.63, 3.8) is 0 Å². The first-order chi connectivity index (χ1) is 8.65. The topological polar surface area (TPSA) is 85.0 Å². The Morgan fingerprint density at radius 1 is 1.44 bits per heavy atom. The van der Waals surface area contributed by atoms with Gasteiger partial charge >= 0.3 is 0 Å². The van der Waals surface area contributed by atoms with E-state index < -0.39 is 11.9 Å². The second-order valence-electron chi connectivity index (χ2n) is 4.53. The van der Waals surface area contributed by atoms with Crippen LogP contribution in [0.1, 0.15) is 5.56 Å². The number of hydroxylamine groups is 1. The van der Waals surface area contributed by atoms with Gasteiger partial charge in [-0.05, 0) is 18.1 Å². The van der Waals surface area contributed by atoms with Gasteiger partial charge in [0.05, 0.1) is 24.9 Å². The van der Waals surface area contributed by atoms with Crippen LogP contribution in [0.3, 0.4) is 0 Å². The molecular formula is C12H14N2O4. The third kappa shape index (κ3) is 1.84. The Morgan fingerprint density at radius 2 is 2.22 bits per heavy atom. The zero-order valence-corrected chi connectivity index (χ0v) is 9.70. The molecule has 0 spiro atoms. The van der Waals surface area contributed by atoms with Gasteiger partial charge in [0.1, 0.15) is 11.9 Å². The summed E-state index contributed by atoms with van der Waals surface area (Å²) in [4.78, 5) is 11.6. The van der Waals surface area contributed by atoms with E-state index in [1.165, 1.54) is 0 Å². The van der Waals surface area contributed by atoms with E-state index in [0.29, 0.717) is 36.1 Å². The van der Waals surface area contributed by atoms with Crippen molar-refractivity contribution in [2.24, 2.45) is 5.73 Å². The van der Waals surface area contributed by atoms with E-state index in [-0.39, 0.29) is 6.10 Å². The summed E-state index contributed by atoms with van der Waals surface area (Å²) in [7, 11) is 0. The fraction of sp³-hybridized carbons (Fsp3) is 0.417. The largest absolute Gasteiger partial charge is 0.486 e. The van der Waals surface area contributed by atoms with Gasteiger partial charge in [0.2, 0.25) is 0 Å². The fourth-order valence-electron chi connectivity index (χ4n) is 2.06. The highest BCUT2D eigenvalue weighted by Gasteiger charge is 2.30. The van der Waals surface area contributed by atoms with E-state index in [1.807, 2.05) is 12.1 Å². The quantitative estimate of drug-likeness (QED) is 0.725. The monoisotopic (exact) mass is 250 g/mol. The van der Waals surface area contributed by atoms with Gasteiger partial charge in [0.15, 0.2) is 0 Å². The Hall–Kier alpha value is -1.63. The molecule has 0 aliphatic carbocycles. The summed E-state index contributed by atoms with van der Waals surface area (Å²) in [6.07, 6.45) is 0.481. The lowest BCUT2D eigenvalue weighted by Gasteiger charge is -2.30. The normalized spacial score (nSPS) is 23.6. The summed E-state index contributed by atoms with van der Waals surface area (Å²) in [6.45, 7) is 1.15. The van der Waals surface area contributed by atoms with Crippen molar-refractivity contribution in [3.8, 4) is 5.75 Å². The van der Waals surface area contributed by atoms with Crippen molar-refractivity contribution in [1.82, 2.24) is 0 Å². The molecule has 0 radical (unpaired) electrons. The second kappa shape index (κ2) is 4.24. The summed E-state index contributed by atoms with van der Waals surface area (Å²) in [5.74, 6) is 0.121. The van der Waals surface area contributed by atoms with Crippen molar-refractivity contribution in [1.29, 1.82) is 0 Å². The molecule has 2 aliphatic heterocycles. The Bertz CT molecular complexity index is 487. The maximum absolute atomic E-state index is 11.6. The van der Waals surface area contributed by atoms with Crippen LogP contribution in [0.5, 0.6) is 5.75 Å². The molecule has 1 saturated heterocycles. The number of amides is 1. The minimum absolute atomic E-state index is 0.0525. The maximum atomic E-state index is 11.6. The number of carbonyl (C=O) groups is 1. The van der Waals surface area contributed by atoms with Gasteiger partial charge < -0.3 is 15.2 Å². The van der Waals surface area contributed by atoms with E-state index in [9.17, 15) is 10.0 Å². The van der Waals surface area contributed by atoms with E-state index in [4.69, 9.17) is 15.2 Å². The van der Waals surface area contributed by atoms with Crippen LogP contribution in [0.15, 0.2) is 18.2 Å². The number of anilines is 1. The standard InChI is InChI=1S/C12H14N2O4/c13-10-3-7-1-2-8(18-9-5-17-6-9)4-11(7)14(16)12(10)15/h1-2,4,9-10,16H,3,5-6,13H2/t10-/m0/s1. The van der Waals surface area contributed by atoms with Crippen molar-refractivity contribution in [2.45, 2.75) is 18.6 Å². The first-order valence-corrected chi connectivity index (χ1v) is 5.81. The Morgan fingerprint density at radius 3 is 2.89 bits per heavy atom. The van der Waals surface area contributed by atoms with Gasteiger partial charge in [-0.15, -0.1) is 0 Å². The van der Waals surface area contributed by atoms with Crippen LogP contribution in [0, 0.1) is 0 Å². The number of ether oxygens (including phenoxy) is 2. The van der Waals surface area contributed by atoms with Crippen molar-refractivity contribution in [3.05, 3.63) is 23.8 Å². The summed E-state index contributed by atoms with van der Waals surface area (Å²) >= 11 is 0. The number of hydrogen-bond acceptors (Lipinski definition) is 5. The highest BCUT2D eigenvalue weighted by molar-refractivity contribution is 5.98. The third-order valence-electron chi connectivity index (χ3n) is 3.16. The minimum atomic E-state index is -0.686. The molecular weight excluding hydrogens is 236 g/mol. The predicted molar refractivity (Wildman–Crippen MR) is 62.6 cm³/mol. The zero-order valence-electron chi connectivity index (χ0n) is 9.70. The van der Waals surface area contributed by atoms with Crippen LogP contribution in [0.25, 0.3) is 0 Å². The number of nitrogens with two attached hydrogens (primary N) is 1. The van der Waals surface area contributed by atoms with Crippen LogP contribution in [-0.2, 0) is 16.0 Å². The van der Waals surface area contributed by atoms with Crippen molar-refractivity contribution in [2.75, 3.05) is 18.3 Å². The van der Waals surface area contributed by atoms with E-state index in [2.05, 4.69) is 0 Å². The molecule has 6 heteroatoms. The molecule has 1 aromatic rings. The molecule has 1 aromatic carbocycles. The van der Waals surface area contributed by atoms with Crippen LogP contribution >= 0.6 is 0 Å². The SMILES string of the molecule is N[C@H]1Cc2ccc(OC3COC3)cc2N(O)C1=O. The number of hydrogen-bond donors (Lipinski definition) is 2. The molecule has 2 aliphatic rings. The van der Waals surface area contributed by atoms with Gasteiger partial charge in [0, 0.05) is 6.07 Å². The highest BCUT2D eigenvalue weighted by atomic mass is 16.6. The maximum Gasteiger partial charge on any atom is 0.267 e. The molecule has 0 aromatic heterocycles. The third-order valence-corrected chi connectivity index (χ3v) is 3.16. The van der Waals surface area contributed by atoms with Crippen LogP contribution in [0.2, 0.25) is 0 Å². The number of fused-ring (bicyclic) bond motifs is 1. The van der Waals surface area contributed by atoms with Crippen molar-refractivity contribution < 1.29 is 19.5 Å². The van der Waals surface area contributed by atoms with Crippen LogP contribution in [-0.4, -0.2) is 36.5 Å². The minimum Gasteiger partial charge on any atom is -0.486 e. The molecule has 1 fully saturated rings. The fourth-order valence-corrected chi connectivity index (χ4v) is 2.06. The van der Waals surface area contributed by atoms with Gasteiger partial charge in [-0.1, -0.05) is 6.07 Å². The molecule has 1 amide bonds. The Labute approximate surface area is 104 Å². The lowest BCUT2D eigenvalue weighted by atomic mass is 9.99. The van der Waals surface area contributed by atoms with Gasteiger partial charge in [-0.2, -0.15) is 5.06 Å². The molecule has 0 unspecified atom stereocenters. The molecule has 18 heavy (non-hydrogen) atoms. The highest BCUT2D eigenvalue weighted by Crippen LogP contribution is 2.31. The molecule has 6 nitrogen and oxygen atoms in total. The van der Waals surface area contributed by atoms with Crippen molar-refractivity contribution >= 4 is 11.6 Å². The lowest BCUT2D eigenvalue weighted by molar-refractivity contribution is -0.125. The smallest absolute Gasteiger partial charge is 0.267 e. The number of benzene rings is 1. The second-order valence-corrected chi connectivity index (χ2v) is 4.53. The molecule has 1 atom stereocenters. The first-order valence-electron chi connectivity index (χ1n) is 5.81. The molecule has 2 heterocycles.